The first kappa shape index (κ1) is 12.5. The molecule has 2 nitrogen and oxygen atoms in total. The fraction of sp³-hybridized carbons (Fsp3) is 0.357. The van der Waals surface area contributed by atoms with Crippen LogP contribution in [0.3, 0.4) is 0 Å². The molecule has 16 heavy (non-hydrogen) atoms. The first-order valence-electron chi connectivity index (χ1n) is 5.67. The molecule has 0 saturated heterocycles. The average Bonchev–Trinajstić information content (AvgIpc) is 2.35. The van der Waals surface area contributed by atoms with E-state index in [2.05, 4.69) is 42.2 Å². The predicted octanol–water partition coefficient (Wildman–Crippen LogP) is 2.94. The number of rotatable bonds is 6. The fourth-order valence-electron chi connectivity index (χ4n) is 1.49. The monoisotopic (exact) mass is 214 g/mol. The highest BCUT2D eigenvalue weighted by Gasteiger charge is 1.97. The lowest BCUT2D eigenvalue weighted by molar-refractivity contribution is 0.327. The van der Waals surface area contributed by atoms with Gasteiger partial charge < -0.3 is 0 Å². The second kappa shape index (κ2) is 7.67. The zero-order valence-corrected chi connectivity index (χ0v) is 9.76. The van der Waals surface area contributed by atoms with E-state index >= 15 is 0 Å². The summed E-state index contributed by atoms with van der Waals surface area (Å²) in [6.07, 6.45) is 4.87. The first-order chi connectivity index (χ1) is 7.86. The van der Waals surface area contributed by atoms with Crippen LogP contribution in [0.4, 0.5) is 0 Å². The molecule has 0 amide bonds. The highest BCUT2D eigenvalue weighted by Crippen LogP contribution is 2.01. The van der Waals surface area contributed by atoms with Crippen LogP contribution < -0.4 is 0 Å². The number of nitriles is 1. The van der Waals surface area contributed by atoms with Crippen molar-refractivity contribution in [3.05, 3.63) is 42.0 Å². The normalized spacial score (nSPS) is 10.8. The van der Waals surface area contributed by atoms with Crippen LogP contribution in [0, 0.1) is 11.3 Å². The molecule has 0 radical (unpaired) electrons. The summed E-state index contributed by atoms with van der Waals surface area (Å²) in [5, 5.41) is 8.52. The topological polar surface area (TPSA) is 27.0 Å². The molecule has 0 aromatic heterocycles. The van der Waals surface area contributed by atoms with Gasteiger partial charge in [-0.15, -0.1) is 0 Å². The van der Waals surface area contributed by atoms with Gasteiger partial charge in [0.1, 0.15) is 0 Å². The third-order valence-electron chi connectivity index (χ3n) is 2.46. The standard InChI is InChI=1S/C14H18N2/c1-2-16(13-7-11-15)12-6-10-14-8-4-3-5-9-14/h3-6,8-10H,2,7,12-13H2,1H3. The lowest BCUT2D eigenvalue weighted by atomic mass is 10.2. The first-order valence-corrected chi connectivity index (χ1v) is 5.67. The number of benzene rings is 1. The summed E-state index contributed by atoms with van der Waals surface area (Å²) in [6, 6.07) is 12.4. The summed E-state index contributed by atoms with van der Waals surface area (Å²) in [4.78, 5) is 2.25. The fourth-order valence-corrected chi connectivity index (χ4v) is 1.49. The highest BCUT2D eigenvalue weighted by molar-refractivity contribution is 5.48. The average molecular weight is 214 g/mol. The van der Waals surface area contributed by atoms with Crippen LogP contribution in [-0.4, -0.2) is 24.5 Å². The molecule has 0 unspecified atom stereocenters. The van der Waals surface area contributed by atoms with Gasteiger partial charge in [0.15, 0.2) is 0 Å². The molecular weight excluding hydrogens is 196 g/mol. The number of hydrogen-bond acceptors (Lipinski definition) is 2. The van der Waals surface area contributed by atoms with Gasteiger partial charge in [0.05, 0.1) is 6.07 Å². The molecule has 0 spiro atoms. The van der Waals surface area contributed by atoms with Gasteiger partial charge in [-0.05, 0) is 12.1 Å². The molecule has 1 rings (SSSR count). The van der Waals surface area contributed by atoms with E-state index in [4.69, 9.17) is 5.26 Å². The smallest absolute Gasteiger partial charge is 0.0635 e. The summed E-state index contributed by atoms with van der Waals surface area (Å²) in [6.45, 7) is 4.87. The minimum absolute atomic E-state index is 0.604. The molecule has 2 heteroatoms. The van der Waals surface area contributed by atoms with Crippen molar-refractivity contribution in [2.45, 2.75) is 13.3 Å². The van der Waals surface area contributed by atoms with Crippen LogP contribution in [0.2, 0.25) is 0 Å². The predicted molar refractivity (Wildman–Crippen MR) is 67.8 cm³/mol. The molecule has 0 fully saturated rings. The lowest BCUT2D eigenvalue weighted by Gasteiger charge is -2.15. The maximum absolute atomic E-state index is 8.52. The van der Waals surface area contributed by atoms with Crippen LogP contribution in [0.1, 0.15) is 18.9 Å². The Labute approximate surface area is 97.8 Å². The minimum Gasteiger partial charge on any atom is -0.299 e. The molecule has 84 valence electrons. The van der Waals surface area contributed by atoms with Crippen LogP contribution in [0.15, 0.2) is 36.4 Å². The molecule has 0 aliphatic heterocycles. The van der Waals surface area contributed by atoms with E-state index < -0.39 is 0 Å². The van der Waals surface area contributed by atoms with Crippen LogP contribution >= 0.6 is 0 Å². The molecule has 0 N–H and O–H groups in total. The molecule has 1 aromatic rings. The highest BCUT2D eigenvalue weighted by atomic mass is 15.1. The van der Waals surface area contributed by atoms with Crippen LogP contribution in [0.5, 0.6) is 0 Å². The maximum atomic E-state index is 8.52. The number of nitrogens with zero attached hydrogens (tertiary/aromatic N) is 2. The summed E-state index contributed by atoms with van der Waals surface area (Å²) >= 11 is 0. The molecule has 0 bridgehead atoms. The van der Waals surface area contributed by atoms with Crippen molar-refractivity contribution in [1.82, 2.24) is 4.90 Å². The van der Waals surface area contributed by atoms with Crippen molar-refractivity contribution in [2.75, 3.05) is 19.6 Å². The molecule has 0 heterocycles. The van der Waals surface area contributed by atoms with Crippen molar-refractivity contribution in [3.8, 4) is 6.07 Å². The van der Waals surface area contributed by atoms with E-state index in [1.807, 2.05) is 18.2 Å². The van der Waals surface area contributed by atoms with Gasteiger partial charge in [-0.2, -0.15) is 5.26 Å². The quantitative estimate of drug-likeness (QED) is 0.728. The van der Waals surface area contributed by atoms with Crippen molar-refractivity contribution in [3.63, 3.8) is 0 Å². The van der Waals surface area contributed by atoms with E-state index in [0.717, 1.165) is 19.6 Å². The lowest BCUT2D eigenvalue weighted by Crippen LogP contribution is -2.24. The Morgan fingerprint density at radius 1 is 1.31 bits per heavy atom. The molecule has 1 aromatic carbocycles. The van der Waals surface area contributed by atoms with Gasteiger partial charge in [0.2, 0.25) is 0 Å². The Kier molecular flexibility index (Phi) is 5.98. The third kappa shape index (κ3) is 4.77. The number of hydrogen-bond donors (Lipinski definition) is 0. The maximum Gasteiger partial charge on any atom is 0.0635 e. The minimum atomic E-state index is 0.604. The van der Waals surface area contributed by atoms with Gasteiger partial charge in [-0.3, -0.25) is 4.90 Å². The second-order valence-electron chi connectivity index (χ2n) is 3.61. The third-order valence-corrected chi connectivity index (χ3v) is 2.46. The van der Waals surface area contributed by atoms with Crippen molar-refractivity contribution >= 4 is 6.08 Å². The summed E-state index contributed by atoms with van der Waals surface area (Å²) < 4.78 is 0. The van der Waals surface area contributed by atoms with E-state index in [-0.39, 0.29) is 0 Å². The van der Waals surface area contributed by atoms with E-state index in [1.54, 1.807) is 0 Å². The Morgan fingerprint density at radius 2 is 2.06 bits per heavy atom. The summed E-state index contributed by atoms with van der Waals surface area (Å²) in [7, 11) is 0. The second-order valence-corrected chi connectivity index (χ2v) is 3.61. The van der Waals surface area contributed by atoms with E-state index in [0.29, 0.717) is 6.42 Å². The van der Waals surface area contributed by atoms with Crippen LogP contribution in [0.25, 0.3) is 6.08 Å². The Balaban J connectivity index is 2.38. The molecule has 0 aliphatic carbocycles. The molecule has 0 atom stereocenters. The Hall–Kier alpha value is -1.59. The van der Waals surface area contributed by atoms with Gasteiger partial charge in [-0.25, -0.2) is 0 Å². The van der Waals surface area contributed by atoms with Gasteiger partial charge in [0, 0.05) is 19.5 Å². The van der Waals surface area contributed by atoms with Crippen molar-refractivity contribution in [1.29, 1.82) is 5.26 Å². The zero-order chi connectivity index (χ0) is 11.6. The summed E-state index contributed by atoms with van der Waals surface area (Å²) in [5.41, 5.74) is 1.22. The Morgan fingerprint density at radius 3 is 2.69 bits per heavy atom. The van der Waals surface area contributed by atoms with Crippen molar-refractivity contribution in [2.24, 2.45) is 0 Å². The van der Waals surface area contributed by atoms with E-state index in [1.165, 1.54) is 5.56 Å². The van der Waals surface area contributed by atoms with Crippen molar-refractivity contribution < 1.29 is 0 Å². The van der Waals surface area contributed by atoms with Gasteiger partial charge in [-0.1, -0.05) is 49.4 Å². The van der Waals surface area contributed by atoms with Gasteiger partial charge >= 0.3 is 0 Å². The SMILES string of the molecule is CCN(CC=Cc1ccccc1)CCC#N. The molecule has 0 saturated carbocycles. The largest absolute Gasteiger partial charge is 0.299 e. The zero-order valence-electron chi connectivity index (χ0n) is 9.76. The summed E-state index contributed by atoms with van der Waals surface area (Å²) in [5.74, 6) is 0. The molecular formula is C14H18N2. The molecule has 0 aliphatic rings. The van der Waals surface area contributed by atoms with Gasteiger partial charge in [0.25, 0.3) is 0 Å². The van der Waals surface area contributed by atoms with E-state index in [9.17, 15) is 0 Å². The Bertz CT molecular complexity index is 349. The number of likely N-dealkylation sites (N-methyl/N-ethyl adjacent to an activating group) is 1. The van der Waals surface area contributed by atoms with Crippen LogP contribution in [-0.2, 0) is 0 Å².